The van der Waals surface area contributed by atoms with Crippen molar-refractivity contribution in [2.75, 3.05) is 6.61 Å². The Kier molecular flexibility index (Phi) is 11.9. The molecular weight excluding hydrogens is 526 g/mol. The monoisotopic (exact) mass is 569 g/mol. The number of hydrogen-bond donors (Lipinski definition) is 0. The van der Waals surface area contributed by atoms with Crippen LogP contribution in [0.15, 0.2) is 60.7 Å². The molecule has 218 valence electrons. The van der Waals surface area contributed by atoms with Crippen LogP contribution in [0.25, 0.3) is 0 Å². The van der Waals surface area contributed by atoms with Crippen LogP contribution in [0.2, 0.25) is 16.6 Å². The molecule has 0 bridgehead atoms. The van der Waals surface area contributed by atoms with Crippen molar-refractivity contribution in [3.05, 3.63) is 81.9 Å². The molecule has 2 aromatic carbocycles. The number of benzene rings is 2. The van der Waals surface area contributed by atoms with Crippen molar-refractivity contribution >= 4 is 8.32 Å². The molecule has 0 spiro atoms. The van der Waals surface area contributed by atoms with E-state index in [9.17, 15) is 10.1 Å². The highest BCUT2D eigenvalue weighted by atomic mass is 28.4. The van der Waals surface area contributed by atoms with Gasteiger partial charge in [0.15, 0.2) is 12.4 Å². The third kappa shape index (κ3) is 7.58. The summed E-state index contributed by atoms with van der Waals surface area (Å²) in [5.41, 5.74) is 2.53. The molecular formula is C31H43NO7Si. The van der Waals surface area contributed by atoms with E-state index in [0.29, 0.717) is 0 Å². The largest absolute Gasteiger partial charge is 0.389 e. The second-order valence-corrected chi connectivity index (χ2v) is 16.5. The summed E-state index contributed by atoms with van der Waals surface area (Å²) in [6.07, 6.45) is 1.30. The Bertz CT molecular complexity index is 1070. The molecule has 0 radical (unpaired) electrons. The SMILES string of the molecule is C#CCOC1O[C@H](O[Si](C(C)C)(C(C)C)C(C)C)[C@H](OCc2ccccc2)[C@H](OCc2ccccc2)[C@H]1[N+](=O)[O-]. The quantitative estimate of drug-likeness (QED) is 0.114. The van der Waals surface area contributed by atoms with Crippen molar-refractivity contribution in [1.29, 1.82) is 0 Å². The average molecular weight is 570 g/mol. The number of terminal acetylenes is 1. The molecule has 9 heteroatoms. The van der Waals surface area contributed by atoms with E-state index in [1.165, 1.54) is 0 Å². The smallest absolute Gasteiger partial charge is 0.291 e. The Labute approximate surface area is 239 Å². The second-order valence-electron chi connectivity index (χ2n) is 11.1. The average Bonchev–Trinajstić information content (AvgIpc) is 2.92. The Morgan fingerprint density at radius 3 is 1.73 bits per heavy atom. The maximum Gasteiger partial charge on any atom is 0.291 e. The predicted molar refractivity (Wildman–Crippen MR) is 156 cm³/mol. The third-order valence-corrected chi connectivity index (χ3v) is 13.7. The number of hydrogen-bond acceptors (Lipinski definition) is 7. The first-order valence-electron chi connectivity index (χ1n) is 13.9. The summed E-state index contributed by atoms with van der Waals surface area (Å²) < 4.78 is 31.9. The van der Waals surface area contributed by atoms with E-state index in [1.807, 2.05) is 60.7 Å². The van der Waals surface area contributed by atoms with Crippen LogP contribution in [-0.4, -0.2) is 50.7 Å². The standard InChI is InChI=1S/C31H43NO7Si/c1-8-19-35-30-27(32(33)34)28(36-20-25-15-11-9-12-16-25)29(37-21-26-17-13-10-14-18-26)31(38-30)39-40(22(2)3,23(4)5)24(6)7/h1,9-18,22-24,27-31H,19-21H2,2-7H3/t27-,28-,29-,30?,31-/m1/s1. The first kappa shape index (κ1) is 31.9. The van der Waals surface area contributed by atoms with Gasteiger partial charge in [0, 0.05) is 4.92 Å². The molecule has 0 N–H and O–H groups in total. The molecule has 1 heterocycles. The molecule has 1 saturated heterocycles. The molecule has 0 amide bonds. The summed E-state index contributed by atoms with van der Waals surface area (Å²) in [5.74, 6) is 2.39. The van der Waals surface area contributed by atoms with Gasteiger partial charge < -0.3 is 23.4 Å². The van der Waals surface area contributed by atoms with E-state index in [1.54, 1.807) is 0 Å². The van der Waals surface area contributed by atoms with Crippen LogP contribution in [0, 0.1) is 22.5 Å². The Hall–Kier alpha value is -2.58. The fraction of sp³-hybridized carbons (Fsp3) is 0.548. The summed E-state index contributed by atoms with van der Waals surface area (Å²) in [5, 5.41) is 12.5. The third-order valence-electron chi connectivity index (χ3n) is 7.65. The van der Waals surface area contributed by atoms with Gasteiger partial charge in [-0.05, 0) is 27.8 Å². The van der Waals surface area contributed by atoms with Crippen LogP contribution in [0.4, 0.5) is 0 Å². The molecule has 0 aliphatic carbocycles. The van der Waals surface area contributed by atoms with Gasteiger partial charge in [-0.1, -0.05) is 108 Å². The molecule has 3 rings (SSSR count). The highest BCUT2D eigenvalue weighted by Gasteiger charge is 2.58. The molecule has 1 aliphatic rings. The van der Waals surface area contributed by atoms with Crippen LogP contribution in [0.5, 0.6) is 0 Å². The van der Waals surface area contributed by atoms with E-state index in [0.717, 1.165) is 11.1 Å². The lowest BCUT2D eigenvalue weighted by molar-refractivity contribution is -0.580. The first-order valence-corrected chi connectivity index (χ1v) is 16.1. The van der Waals surface area contributed by atoms with E-state index in [-0.39, 0.29) is 36.4 Å². The minimum atomic E-state index is -2.52. The maximum atomic E-state index is 12.5. The molecule has 0 saturated carbocycles. The van der Waals surface area contributed by atoms with Crippen molar-refractivity contribution in [3.8, 4) is 12.3 Å². The van der Waals surface area contributed by atoms with E-state index in [2.05, 4.69) is 47.5 Å². The van der Waals surface area contributed by atoms with Gasteiger partial charge in [0.05, 0.1) is 13.2 Å². The Morgan fingerprint density at radius 1 is 0.825 bits per heavy atom. The topological polar surface area (TPSA) is 89.3 Å². The Morgan fingerprint density at radius 2 is 1.30 bits per heavy atom. The molecule has 1 unspecified atom stereocenters. The zero-order valence-electron chi connectivity index (χ0n) is 24.4. The van der Waals surface area contributed by atoms with Gasteiger partial charge in [-0.2, -0.15) is 0 Å². The molecule has 1 fully saturated rings. The van der Waals surface area contributed by atoms with Crippen LogP contribution < -0.4 is 0 Å². The van der Waals surface area contributed by atoms with Crippen LogP contribution in [0.1, 0.15) is 52.7 Å². The van der Waals surface area contributed by atoms with Gasteiger partial charge >= 0.3 is 0 Å². The van der Waals surface area contributed by atoms with Gasteiger partial charge in [-0.3, -0.25) is 10.1 Å². The lowest BCUT2D eigenvalue weighted by Crippen LogP contribution is -2.65. The molecule has 40 heavy (non-hydrogen) atoms. The Balaban J connectivity index is 2.06. The molecule has 0 aromatic heterocycles. The highest BCUT2D eigenvalue weighted by molar-refractivity contribution is 6.77. The normalized spacial score (nSPS) is 23.4. The van der Waals surface area contributed by atoms with Crippen molar-refractivity contribution < 1.29 is 28.3 Å². The summed E-state index contributed by atoms with van der Waals surface area (Å²) in [7, 11) is -2.52. The zero-order chi connectivity index (χ0) is 29.3. The summed E-state index contributed by atoms with van der Waals surface area (Å²) in [6.45, 7) is 13.2. The van der Waals surface area contributed by atoms with E-state index < -0.39 is 44.1 Å². The summed E-state index contributed by atoms with van der Waals surface area (Å²) in [4.78, 5) is 12.1. The summed E-state index contributed by atoms with van der Waals surface area (Å²) >= 11 is 0. The number of nitro groups is 1. The van der Waals surface area contributed by atoms with Crippen LogP contribution >= 0.6 is 0 Å². The molecule has 8 nitrogen and oxygen atoms in total. The lowest BCUT2D eigenvalue weighted by Gasteiger charge is -2.49. The zero-order valence-corrected chi connectivity index (χ0v) is 25.4. The van der Waals surface area contributed by atoms with Gasteiger partial charge in [-0.15, -0.1) is 6.42 Å². The maximum absolute atomic E-state index is 12.5. The van der Waals surface area contributed by atoms with Crippen LogP contribution in [0.3, 0.4) is 0 Å². The number of ether oxygens (including phenoxy) is 4. The molecule has 1 aliphatic heterocycles. The van der Waals surface area contributed by atoms with Crippen molar-refractivity contribution in [2.45, 2.75) is 102 Å². The van der Waals surface area contributed by atoms with Gasteiger partial charge in [0.25, 0.3) is 6.04 Å². The first-order chi connectivity index (χ1) is 19.1. The fourth-order valence-corrected chi connectivity index (χ4v) is 11.3. The fourth-order valence-electron chi connectivity index (χ4n) is 5.89. The van der Waals surface area contributed by atoms with Gasteiger partial charge in [0.1, 0.15) is 12.7 Å². The highest BCUT2D eigenvalue weighted by Crippen LogP contribution is 2.45. The van der Waals surface area contributed by atoms with Gasteiger partial charge in [-0.25, -0.2) is 0 Å². The number of rotatable bonds is 14. The predicted octanol–water partition coefficient (Wildman–Crippen LogP) is 6.33. The minimum Gasteiger partial charge on any atom is -0.389 e. The molecule has 5 atom stereocenters. The minimum absolute atomic E-state index is 0.149. The van der Waals surface area contributed by atoms with Crippen LogP contribution in [-0.2, 0) is 36.6 Å². The van der Waals surface area contributed by atoms with E-state index >= 15 is 0 Å². The molecule has 2 aromatic rings. The second kappa shape index (κ2) is 14.9. The van der Waals surface area contributed by atoms with E-state index in [4.69, 9.17) is 29.8 Å². The summed E-state index contributed by atoms with van der Waals surface area (Å²) in [6, 6.07) is 17.8. The lowest BCUT2D eigenvalue weighted by atomic mass is 10.0. The van der Waals surface area contributed by atoms with Crippen molar-refractivity contribution in [3.63, 3.8) is 0 Å². The van der Waals surface area contributed by atoms with Crippen molar-refractivity contribution in [1.82, 2.24) is 0 Å². The van der Waals surface area contributed by atoms with Gasteiger partial charge in [0.2, 0.25) is 14.6 Å². The number of nitrogens with zero attached hydrogens (tertiary/aromatic N) is 1. The van der Waals surface area contributed by atoms with Crippen molar-refractivity contribution in [2.24, 2.45) is 0 Å².